The summed E-state index contributed by atoms with van der Waals surface area (Å²) in [7, 11) is -3.99. The number of piperidine rings is 1. The third-order valence-corrected chi connectivity index (χ3v) is 6.32. The average Bonchev–Trinajstić information content (AvgIpc) is 3.07. The Labute approximate surface area is 165 Å². The first-order valence-electron chi connectivity index (χ1n) is 8.78. The van der Waals surface area contributed by atoms with Gasteiger partial charge in [-0.05, 0) is 44.0 Å². The van der Waals surface area contributed by atoms with Gasteiger partial charge in [0.25, 0.3) is 5.91 Å². The van der Waals surface area contributed by atoms with E-state index in [-0.39, 0.29) is 35.7 Å². The summed E-state index contributed by atoms with van der Waals surface area (Å²) in [6, 6.07) is 7.26. The first kappa shape index (κ1) is 21.2. The lowest BCUT2D eigenvalue weighted by Gasteiger charge is -2.31. The largest absolute Gasteiger partial charge is 0.573 e. The molecule has 11 heteroatoms. The Hall–Kier alpha value is -2.53. The van der Waals surface area contributed by atoms with E-state index in [1.165, 1.54) is 16.4 Å². The van der Waals surface area contributed by atoms with Gasteiger partial charge in [-0.1, -0.05) is 6.07 Å². The third kappa shape index (κ3) is 5.30. The number of hydrogen-bond acceptors (Lipinski definition) is 5. The van der Waals surface area contributed by atoms with Crippen molar-refractivity contribution >= 4 is 15.9 Å². The highest BCUT2D eigenvalue weighted by Crippen LogP contribution is 2.27. The zero-order chi connectivity index (χ0) is 21.2. The molecule has 158 valence electrons. The summed E-state index contributed by atoms with van der Waals surface area (Å²) in [6.07, 6.45) is -4.18. The number of halogens is 3. The number of carbonyl (C=O) groups excluding carboxylic acids is 1. The minimum Gasteiger partial charge on any atom is -0.456 e. The van der Waals surface area contributed by atoms with Crippen molar-refractivity contribution in [2.75, 3.05) is 13.1 Å². The van der Waals surface area contributed by atoms with E-state index in [0.29, 0.717) is 18.6 Å². The third-order valence-electron chi connectivity index (χ3n) is 4.43. The van der Waals surface area contributed by atoms with Crippen molar-refractivity contribution in [2.24, 2.45) is 0 Å². The number of sulfonamides is 1. The fourth-order valence-electron chi connectivity index (χ4n) is 3.03. The van der Waals surface area contributed by atoms with E-state index in [2.05, 4.69) is 10.1 Å². The van der Waals surface area contributed by atoms with Crippen LogP contribution < -0.4 is 10.1 Å². The second kappa shape index (κ2) is 8.07. The van der Waals surface area contributed by atoms with Crippen LogP contribution in [0, 0.1) is 6.92 Å². The van der Waals surface area contributed by atoms with Gasteiger partial charge in [-0.25, -0.2) is 8.42 Å². The van der Waals surface area contributed by atoms with Gasteiger partial charge in [-0.3, -0.25) is 4.79 Å². The molecule has 0 radical (unpaired) electrons. The van der Waals surface area contributed by atoms with Crippen LogP contribution in [-0.4, -0.2) is 44.1 Å². The van der Waals surface area contributed by atoms with Gasteiger partial charge in [-0.15, -0.1) is 13.2 Å². The van der Waals surface area contributed by atoms with Gasteiger partial charge in [-0.2, -0.15) is 4.31 Å². The van der Waals surface area contributed by atoms with Crippen LogP contribution in [-0.2, 0) is 10.0 Å². The molecule has 1 fully saturated rings. The first-order valence-corrected chi connectivity index (χ1v) is 10.2. The minimum absolute atomic E-state index is 0.120. The molecule has 7 nitrogen and oxygen atoms in total. The quantitative estimate of drug-likeness (QED) is 0.785. The van der Waals surface area contributed by atoms with Crippen molar-refractivity contribution in [3.8, 4) is 5.75 Å². The van der Waals surface area contributed by atoms with E-state index in [9.17, 15) is 26.4 Å². The second-order valence-electron chi connectivity index (χ2n) is 6.58. The van der Waals surface area contributed by atoms with Crippen molar-refractivity contribution in [1.82, 2.24) is 9.62 Å². The fourth-order valence-corrected chi connectivity index (χ4v) is 4.54. The summed E-state index contributed by atoms with van der Waals surface area (Å²) < 4.78 is 72.8. The zero-order valence-electron chi connectivity index (χ0n) is 15.4. The highest BCUT2D eigenvalue weighted by Gasteiger charge is 2.33. The van der Waals surface area contributed by atoms with Crippen molar-refractivity contribution < 1.29 is 35.5 Å². The van der Waals surface area contributed by atoms with Crippen LogP contribution in [0.1, 0.15) is 29.2 Å². The summed E-state index contributed by atoms with van der Waals surface area (Å²) in [6.45, 7) is 1.96. The van der Waals surface area contributed by atoms with Crippen molar-refractivity contribution in [3.05, 3.63) is 47.9 Å². The van der Waals surface area contributed by atoms with Crippen LogP contribution in [0.2, 0.25) is 0 Å². The molecule has 0 spiro atoms. The number of nitrogens with zero attached hydrogens (tertiary/aromatic N) is 1. The number of benzene rings is 1. The summed E-state index contributed by atoms with van der Waals surface area (Å²) in [5, 5.41) is 2.80. The number of amides is 1. The Bertz CT molecular complexity index is 979. The van der Waals surface area contributed by atoms with Crippen LogP contribution in [0.15, 0.2) is 45.7 Å². The lowest BCUT2D eigenvalue weighted by molar-refractivity contribution is -0.274. The number of hydrogen-bond donors (Lipinski definition) is 1. The number of ether oxygens (including phenoxy) is 1. The molecule has 1 aromatic heterocycles. The second-order valence-corrected chi connectivity index (χ2v) is 8.52. The normalized spacial score (nSPS) is 16.6. The zero-order valence-corrected chi connectivity index (χ0v) is 16.2. The number of alkyl halides is 3. The standard InChI is InChI=1S/C18H19F3N2O5S/c1-12-5-6-16(27-12)17(24)22-13-7-9-23(10-8-13)29(25,26)15-4-2-3-14(11-15)28-18(19,20)21/h2-6,11,13H,7-10H2,1H3,(H,22,24). The highest BCUT2D eigenvalue weighted by molar-refractivity contribution is 7.89. The van der Waals surface area contributed by atoms with E-state index < -0.39 is 22.1 Å². The molecule has 1 aliphatic heterocycles. The van der Waals surface area contributed by atoms with E-state index in [0.717, 1.165) is 12.1 Å². The molecule has 3 rings (SSSR count). The summed E-state index contributed by atoms with van der Waals surface area (Å²) in [5.41, 5.74) is 0. The number of nitrogens with one attached hydrogen (secondary N) is 1. The molecule has 2 heterocycles. The van der Waals surface area contributed by atoms with Gasteiger partial charge in [0.05, 0.1) is 4.90 Å². The van der Waals surface area contributed by atoms with Crippen LogP contribution >= 0.6 is 0 Å². The van der Waals surface area contributed by atoms with Crippen molar-refractivity contribution in [2.45, 2.75) is 37.1 Å². The molecule has 1 aliphatic rings. The topological polar surface area (TPSA) is 88.9 Å². The minimum atomic E-state index is -4.91. The molecule has 0 bridgehead atoms. The van der Waals surface area contributed by atoms with Crippen LogP contribution in [0.4, 0.5) is 13.2 Å². The molecule has 0 aliphatic carbocycles. The first-order chi connectivity index (χ1) is 13.5. The number of furan rings is 1. The summed E-state index contributed by atoms with van der Waals surface area (Å²) >= 11 is 0. The molecule has 1 aromatic carbocycles. The van der Waals surface area contributed by atoms with Gasteiger partial charge in [0.2, 0.25) is 10.0 Å². The molecule has 0 unspecified atom stereocenters. The molecular formula is C18H19F3N2O5S. The molecule has 2 aromatic rings. The smallest absolute Gasteiger partial charge is 0.456 e. The molecule has 29 heavy (non-hydrogen) atoms. The monoisotopic (exact) mass is 432 g/mol. The molecular weight excluding hydrogens is 413 g/mol. The Kier molecular flexibility index (Phi) is 5.90. The fraction of sp³-hybridized carbons (Fsp3) is 0.389. The predicted molar refractivity (Wildman–Crippen MR) is 95.8 cm³/mol. The lowest BCUT2D eigenvalue weighted by atomic mass is 10.1. The Morgan fingerprint density at radius 3 is 2.48 bits per heavy atom. The molecule has 0 saturated carbocycles. The summed E-state index contributed by atoms with van der Waals surface area (Å²) in [5.74, 6) is -0.197. The summed E-state index contributed by atoms with van der Waals surface area (Å²) in [4.78, 5) is 11.9. The van der Waals surface area contributed by atoms with Crippen molar-refractivity contribution in [1.29, 1.82) is 0 Å². The number of carbonyl (C=O) groups is 1. The number of aryl methyl sites for hydroxylation is 1. The van der Waals surface area contributed by atoms with Gasteiger partial charge < -0.3 is 14.5 Å². The van der Waals surface area contributed by atoms with Crippen molar-refractivity contribution in [3.63, 3.8) is 0 Å². The van der Waals surface area contributed by atoms with Gasteiger partial charge in [0.15, 0.2) is 5.76 Å². The Morgan fingerprint density at radius 2 is 1.90 bits per heavy atom. The average molecular weight is 432 g/mol. The van der Waals surface area contributed by atoms with E-state index in [1.807, 2.05) is 0 Å². The van der Waals surface area contributed by atoms with Gasteiger partial charge in [0.1, 0.15) is 11.5 Å². The number of rotatable bonds is 5. The molecule has 1 amide bonds. The predicted octanol–water partition coefficient (Wildman–Crippen LogP) is 3.07. The molecule has 1 saturated heterocycles. The molecule has 0 atom stereocenters. The maximum atomic E-state index is 12.7. The Morgan fingerprint density at radius 1 is 1.21 bits per heavy atom. The van der Waals surface area contributed by atoms with E-state index >= 15 is 0 Å². The lowest BCUT2D eigenvalue weighted by Crippen LogP contribution is -2.46. The SMILES string of the molecule is Cc1ccc(C(=O)NC2CCN(S(=O)(=O)c3cccc(OC(F)(F)F)c3)CC2)o1. The van der Waals surface area contributed by atoms with Gasteiger partial charge in [0, 0.05) is 25.2 Å². The molecule has 1 N–H and O–H groups in total. The maximum absolute atomic E-state index is 12.7. The van der Waals surface area contributed by atoms with Crippen LogP contribution in [0.5, 0.6) is 5.75 Å². The van der Waals surface area contributed by atoms with Crippen LogP contribution in [0.3, 0.4) is 0 Å². The Balaban J connectivity index is 1.62. The van der Waals surface area contributed by atoms with E-state index in [1.54, 1.807) is 19.1 Å². The van der Waals surface area contributed by atoms with E-state index in [4.69, 9.17) is 4.42 Å². The highest BCUT2D eigenvalue weighted by atomic mass is 32.2. The van der Waals surface area contributed by atoms with Crippen LogP contribution in [0.25, 0.3) is 0 Å². The van der Waals surface area contributed by atoms with Gasteiger partial charge >= 0.3 is 6.36 Å². The maximum Gasteiger partial charge on any atom is 0.573 e.